The molecular weight excluding hydrogens is 288 g/mol. The van der Waals surface area contributed by atoms with Gasteiger partial charge in [0.25, 0.3) is 0 Å². The van der Waals surface area contributed by atoms with Crippen LogP contribution in [0.3, 0.4) is 0 Å². The number of nitrogens with one attached hydrogen (secondary N) is 1. The quantitative estimate of drug-likeness (QED) is 0.803. The molecule has 0 spiro atoms. The van der Waals surface area contributed by atoms with Crippen LogP contribution >= 0.6 is 0 Å². The Hall–Kier alpha value is -2.63. The summed E-state index contributed by atoms with van der Waals surface area (Å²) < 4.78 is 1.87. The van der Waals surface area contributed by atoms with E-state index in [-0.39, 0.29) is 0 Å². The lowest BCUT2D eigenvalue weighted by molar-refractivity contribution is 0.719. The first kappa shape index (κ1) is 14.0. The van der Waals surface area contributed by atoms with E-state index in [2.05, 4.69) is 15.3 Å². The zero-order chi connectivity index (χ0) is 15.6. The lowest BCUT2D eigenvalue weighted by Crippen LogP contribution is -2.21. The molecule has 1 N–H and O–H groups in total. The minimum absolute atomic E-state index is 0.685. The van der Waals surface area contributed by atoms with Gasteiger partial charge >= 0.3 is 0 Å². The molecule has 3 aromatic rings. The molecular formula is C17H20N6. The third kappa shape index (κ3) is 2.72. The first-order valence-electron chi connectivity index (χ1n) is 8.04. The van der Waals surface area contributed by atoms with Crippen molar-refractivity contribution in [3.05, 3.63) is 42.2 Å². The highest BCUT2D eigenvalue weighted by molar-refractivity contribution is 5.80. The highest BCUT2D eigenvalue weighted by atomic mass is 15.3. The Morgan fingerprint density at radius 1 is 1.04 bits per heavy atom. The van der Waals surface area contributed by atoms with Crippen LogP contribution in [0.4, 0.5) is 11.6 Å². The average molecular weight is 308 g/mol. The van der Waals surface area contributed by atoms with Gasteiger partial charge < -0.3 is 10.2 Å². The van der Waals surface area contributed by atoms with Gasteiger partial charge in [0, 0.05) is 26.3 Å². The van der Waals surface area contributed by atoms with E-state index < -0.39 is 0 Å². The summed E-state index contributed by atoms with van der Waals surface area (Å²) >= 11 is 0. The van der Waals surface area contributed by atoms with E-state index in [9.17, 15) is 0 Å². The van der Waals surface area contributed by atoms with Gasteiger partial charge in [-0.3, -0.25) is 4.68 Å². The van der Waals surface area contributed by atoms with Crippen molar-refractivity contribution in [2.45, 2.75) is 19.4 Å². The summed E-state index contributed by atoms with van der Waals surface area (Å²) in [5.74, 6) is 1.81. The molecule has 1 aromatic carbocycles. The topological polar surface area (TPSA) is 58.9 Å². The minimum Gasteiger partial charge on any atom is -0.361 e. The predicted molar refractivity (Wildman–Crippen MR) is 91.5 cm³/mol. The number of fused-ring (bicyclic) bond motifs is 1. The molecule has 4 rings (SSSR count). The van der Waals surface area contributed by atoms with Crippen LogP contribution in [0.25, 0.3) is 11.0 Å². The van der Waals surface area contributed by atoms with E-state index in [0.29, 0.717) is 6.54 Å². The van der Waals surface area contributed by atoms with Crippen molar-refractivity contribution >= 4 is 22.7 Å². The maximum absolute atomic E-state index is 4.86. The van der Waals surface area contributed by atoms with Gasteiger partial charge in [-0.25, -0.2) is 9.97 Å². The fourth-order valence-electron chi connectivity index (χ4n) is 3.01. The van der Waals surface area contributed by atoms with Gasteiger partial charge in [0.05, 0.1) is 23.3 Å². The van der Waals surface area contributed by atoms with Crippen LogP contribution in [0.2, 0.25) is 0 Å². The van der Waals surface area contributed by atoms with Crippen molar-refractivity contribution in [2.75, 3.05) is 23.3 Å². The largest absolute Gasteiger partial charge is 0.361 e. The average Bonchev–Trinajstić information content (AvgIpc) is 3.24. The monoisotopic (exact) mass is 308 g/mol. The van der Waals surface area contributed by atoms with Crippen molar-refractivity contribution in [1.82, 2.24) is 19.7 Å². The lowest BCUT2D eigenvalue weighted by atomic mass is 10.3. The molecule has 1 aliphatic heterocycles. The highest BCUT2D eigenvalue weighted by Crippen LogP contribution is 2.28. The van der Waals surface area contributed by atoms with Gasteiger partial charge in [-0.15, -0.1) is 0 Å². The molecule has 0 bridgehead atoms. The Balaban J connectivity index is 1.70. The molecule has 0 radical (unpaired) electrons. The van der Waals surface area contributed by atoms with Crippen LogP contribution in [0.15, 0.2) is 36.5 Å². The number of rotatable bonds is 4. The highest BCUT2D eigenvalue weighted by Gasteiger charge is 2.19. The SMILES string of the molecule is Cn1nccc1CNc1nc2ccccc2nc1N1CCCC1. The lowest BCUT2D eigenvalue weighted by Gasteiger charge is -2.20. The summed E-state index contributed by atoms with van der Waals surface area (Å²) in [5, 5.41) is 7.66. The molecule has 0 atom stereocenters. The van der Waals surface area contributed by atoms with E-state index in [0.717, 1.165) is 41.5 Å². The van der Waals surface area contributed by atoms with Crippen LogP contribution in [0.1, 0.15) is 18.5 Å². The molecule has 23 heavy (non-hydrogen) atoms. The number of anilines is 2. The molecule has 1 saturated heterocycles. The third-order valence-electron chi connectivity index (χ3n) is 4.32. The Kier molecular flexibility index (Phi) is 3.57. The van der Waals surface area contributed by atoms with Crippen LogP contribution in [0.5, 0.6) is 0 Å². The molecule has 1 aliphatic rings. The second-order valence-corrected chi connectivity index (χ2v) is 5.88. The van der Waals surface area contributed by atoms with E-state index in [1.807, 2.05) is 48.3 Å². The van der Waals surface area contributed by atoms with Crippen molar-refractivity contribution in [3.63, 3.8) is 0 Å². The summed E-state index contributed by atoms with van der Waals surface area (Å²) in [6.07, 6.45) is 4.25. The Labute approximate surface area is 135 Å². The number of para-hydroxylation sites is 2. The Morgan fingerprint density at radius 2 is 1.78 bits per heavy atom. The predicted octanol–water partition coefficient (Wildman–Crippen LogP) is 2.58. The minimum atomic E-state index is 0.685. The molecule has 6 heteroatoms. The van der Waals surface area contributed by atoms with Crippen molar-refractivity contribution in [2.24, 2.45) is 7.05 Å². The molecule has 6 nitrogen and oxygen atoms in total. The van der Waals surface area contributed by atoms with Crippen LogP contribution in [-0.4, -0.2) is 32.8 Å². The number of aryl methyl sites for hydroxylation is 1. The maximum Gasteiger partial charge on any atom is 0.172 e. The van der Waals surface area contributed by atoms with E-state index in [1.165, 1.54) is 12.8 Å². The normalized spacial score (nSPS) is 14.6. The van der Waals surface area contributed by atoms with Gasteiger partial charge in [-0.05, 0) is 31.0 Å². The summed E-state index contributed by atoms with van der Waals surface area (Å²) in [4.78, 5) is 12.0. The molecule has 3 heterocycles. The number of hydrogen-bond donors (Lipinski definition) is 1. The number of hydrogen-bond acceptors (Lipinski definition) is 5. The van der Waals surface area contributed by atoms with Crippen molar-refractivity contribution in [3.8, 4) is 0 Å². The number of aromatic nitrogens is 4. The van der Waals surface area contributed by atoms with Gasteiger partial charge in [-0.1, -0.05) is 12.1 Å². The second kappa shape index (κ2) is 5.87. The molecule has 0 unspecified atom stereocenters. The summed E-state index contributed by atoms with van der Waals surface area (Å²) in [5.41, 5.74) is 2.98. The van der Waals surface area contributed by atoms with Crippen molar-refractivity contribution < 1.29 is 0 Å². The second-order valence-electron chi connectivity index (χ2n) is 5.88. The third-order valence-corrected chi connectivity index (χ3v) is 4.32. The van der Waals surface area contributed by atoms with Gasteiger partial charge in [0.2, 0.25) is 0 Å². The Bertz CT molecular complexity index is 819. The standard InChI is InChI=1S/C17H20N6/c1-22-13(8-9-19-22)12-18-16-17(23-10-4-5-11-23)21-15-7-3-2-6-14(15)20-16/h2-3,6-9H,4-5,10-12H2,1H3,(H,18,20). The molecule has 1 fully saturated rings. The van der Waals surface area contributed by atoms with E-state index in [1.54, 1.807) is 0 Å². The smallest absolute Gasteiger partial charge is 0.172 e. The van der Waals surface area contributed by atoms with Crippen LogP contribution in [0, 0.1) is 0 Å². The molecule has 0 aliphatic carbocycles. The molecule has 0 amide bonds. The van der Waals surface area contributed by atoms with E-state index in [4.69, 9.17) is 9.97 Å². The van der Waals surface area contributed by atoms with Gasteiger partial charge in [-0.2, -0.15) is 5.10 Å². The fraction of sp³-hybridized carbons (Fsp3) is 0.353. The molecule has 118 valence electrons. The number of benzene rings is 1. The van der Waals surface area contributed by atoms with Crippen LogP contribution < -0.4 is 10.2 Å². The van der Waals surface area contributed by atoms with Crippen molar-refractivity contribution in [1.29, 1.82) is 0 Å². The molecule has 0 saturated carbocycles. The summed E-state index contributed by atoms with van der Waals surface area (Å²) in [6.45, 7) is 2.78. The first-order chi connectivity index (χ1) is 11.3. The van der Waals surface area contributed by atoms with E-state index >= 15 is 0 Å². The number of nitrogens with zero attached hydrogens (tertiary/aromatic N) is 5. The first-order valence-corrected chi connectivity index (χ1v) is 8.04. The van der Waals surface area contributed by atoms with Crippen LogP contribution in [-0.2, 0) is 13.6 Å². The van der Waals surface area contributed by atoms with Gasteiger partial charge in [0.1, 0.15) is 0 Å². The fourth-order valence-corrected chi connectivity index (χ4v) is 3.01. The Morgan fingerprint density at radius 3 is 2.48 bits per heavy atom. The van der Waals surface area contributed by atoms with Gasteiger partial charge in [0.15, 0.2) is 11.6 Å². The molecule has 2 aromatic heterocycles. The zero-order valence-electron chi connectivity index (χ0n) is 13.2. The summed E-state index contributed by atoms with van der Waals surface area (Å²) in [7, 11) is 1.95. The summed E-state index contributed by atoms with van der Waals surface area (Å²) in [6, 6.07) is 10.0. The zero-order valence-corrected chi connectivity index (χ0v) is 13.2. The maximum atomic E-state index is 4.86.